The minimum Gasteiger partial charge on any atom is -0.339 e. The van der Waals surface area contributed by atoms with Gasteiger partial charge in [0.2, 0.25) is 5.89 Å². The molecule has 0 aliphatic heterocycles. The van der Waals surface area contributed by atoms with Gasteiger partial charge in [0, 0.05) is 33.0 Å². The van der Waals surface area contributed by atoms with Gasteiger partial charge in [0.25, 0.3) is 5.56 Å². The average molecular weight is 389 g/mol. The molecule has 0 aliphatic rings. The molecule has 10 heteroatoms. The van der Waals surface area contributed by atoms with Crippen LogP contribution in [0.4, 0.5) is 0 Å². The van der Waals surface area contributed by atoms with Crippen LogP contribution in [0.2, 0.25) is 0 Å². The Morgan fingerprint density at radius 2 is 1.96 bits per heavy atom. The first-order chi connectivity index (χ1) is 13.5. The fourth-order valence-corrected chi connectivity index (χ4v) is 3.21. The third-order valence-electron chi connectivity index (χ3n) is 4.97. The van der Waals surface area contributed by atoms with Gasteiger partial charge in [-0.2, -0.15) is 4.98 Å². The maximum absolute atomic E-state index is 12.1. The van der Waals surface area contributed by atoms with Crippen LogP contribution in [0.3, 0.4) is 0 Å². The van der Waals surface area contributed by atoms with Gasteiger partial charge >= 0.3 is 5.69 Å². The third-order valence-corrected chi connectivity index (χ3v) is 4.97. The van der Waals surface area contributed by atoms with Crippen LogP contribution in [-0.4, -0.2) is 53.8 Å². The van der Waals surface area contributed by atoms with Gasteiger partial charge in [-0.1, -0.05) is 19.0 Å². The normalized spacial score (nSPS) is 11.7. The summed E-state index contributed by atoms with van der Waals surface area (Å²) in [5, 5.41) is 4.05. The van der Waals surface area contributed by atoms with Crippen molar-refractivity contribution in [3.8, 4) is 0 Å². The van der Waals surface area contributed by atoms with Gasteiger partial charge in [0.05, 0.1) is 6.33 Å². The second kappa shape index (κ2) is 8.96. The van der Waals surface area contributed by atoms with Crippen molar-refractivity contribution in [1.29, 1.82) is 0 Å². The number of hydrogen-bond donors (Lipinski definition) is 1. The molecule has 0 unspecified atom stereocenters. The second-order valence-electron chi connectivity index (χ2n) is 6.77. The molecule has 3 aromatic rings. The lowest BCUT2D eigenvalue weighted by molar-refractivity contribution is 0.286. The molecule has 3 heterocycles. The molecule has 28 heavy (non-hydrogen) atoms. The zero-order valence-electron chi connectivity index (χ0n) is 16.6. The van der Waals surface area contributed by atoms with Crippen molar-refractivity contribution in [2.45, 2.75) is 46.1 Å². The van der Waals surface area contributed by atoms with E-state index in [1.54, 1.807) is 17.9 Å². The van der Waals surface area contributed by atoms with Gasteiger partial charge in [0.1, 0.15) is 0 Å². The highest BCUT2D eigenvalue weighted by Gasteiger charge is 2.12. The molecule has 0 atom stereocenters. The van der Waals surface area contributed by atoms with Crippen LogP contribution in [0.15, 0.2) is 20.4 Å². The van der Waals surface area contributed by atoms with Crippen LogP contribution in [-0.2, 0) is 26.4 Å². The molecule has 3 rings (SSSR count). The molecule has 3 aromatic heterocycles. The summed E-state index contributed by atoms with van der Waals surface area (Å²) in [7, 11) is 1.59. The van der Waals surface area contributed by atoms with Crippen LogP contribution in [0, 0.1) is 0 Å². The zero-order valence-corrected chi connectivity index (χ0v) is 16.6. The van der Waals surface area contributed by atoms with Gasteiger partial charge in [-0.15, -0.1) is 0 Å². The number of aryl methyl sites for hydroxylation is 3. The first-order valence-electron chi connectivity index (χ1n) is 9.71. The number of aromatic nitrogens is 6. The summed E-state index contributed by atoms with van der Waals surface area (Å²) < 4.78 is 8.44. The highest BCUT2D eigenvalue weighted by molar-refractivity contribution is 5.69. The van der Waals surface area contributed by atoms with E-state index in [0.717, 1.165) is 45.3 Å². The summed E-state index contributed by atoms with van der Waals surface area (Å²) in [5.41, 5.74) is -0.0617. The van der Waals surface area contributed by atoms with Gasteiger partial charge in [-0.3, -0.25) is 14.3 Å². The summed E-state index contributed by atoms with van der Waals surface area (Å²) >= 11 is 0. The molecule has 0 aromatic carbocycles. The van der Waals surface area contributed by atoms with Gasteiger partial charge in [-0.05, 0) is 25.9 Å². The number of aromatic amines is 1. The Balaban J connectivity index is 1.52. The molecule has 152 valence electrons. The standard InChI is InChI=1S/C18H27N7O3/c1-4-24(5-2)11-9-14-20-13(22-28-14)8-6-7-10-25-12-19-16-15(25)17(26)21-18(27)23(16)3/h12H,4-11H2,1-3H3,(H,21,26,27). The fraction of sp³-hybridized carbons (Fsp3) is 0.611. The summed E-state index contributed by atoms with van der Waals surface area (Å²) in [6.07, 6.45) is 4.77. The van der Waals surface area contributed by atoms with Gasteiger partial charge in [0.15, 0.2) is 17.0 Å². The Labute approximate surface area is 162 Å². The third kappa shape index (κ3) is 4.38. The number of likely N-dealkylation sites (N-methyl/N-ethyl adjacent to an activating group) is 1. The predicted octanol–water partition coefficient (Wildman–Crippen LogP) is 0.714. The van der Waals surface area contributed by atoms with E-state index in [4.69, 9.17) is 4.52 Å². The highest BCUT2D eigenvalue weighted by Crippen LogP contribution is 2.09. The van der Waals surface area contributed by atoms with Crippen molar-refractivity contribution in [2.24, 2.45) is 7.05 Å². The van der Waals surface area contributed by atoms with Crippen LogP contribution in [0.25, 0.3) is 11.2 Å². The van der Waals surface area contributed by atoms with Crippen LogP contribution >= 0.6 is 0 Å². The number of hydrogen-bond acceptors (Lipinski definition) is 7. The maximum Gasteiger partial charge on any atom is 0.329 e. The highest BCUT2D eigenvalue weighted by atomic mass is 16.5. The largest absolute Gasteiger partial charge is 0.339 e. The number of H-pyrrole nitrogens is 1. The predicted molar refractivity (Wildman–Crippen MR) is 104 cm³/mol. The van der Waals surface area contributed by atoms with E-state index in [9.17, 15) is 9.59 Å². The lowest BCUT2D eigenvalue weighted by Crippen LogP contribution is -2.29. The Morgan fingerprint density at radius 3 is 2.71 bits per heavy atom. The summed E-state index contributed by atoms with van der Waals surface area (Å²) in [5.74, 6) is 1.39. The van der Waals surface area contributed by atoms with Crippen LogP contribution < -0.4 is 11.2 Å². The van der Waals surface area contributed by atoms with E-state index in [0.29, 0.717) is 29.4 Å². The lowest BCUT2D eigenvalue weighted by atomic mass is 10.2. The Hall–Kier alpha value is -2.75. The van der Waals surface area contributed by atoms with Crippen LogP contribution in [0.5, 0.6) is 0 Å². The number of nitrogens with one attached hydrogen (secondary N) is 1. The number of unbranched alkanes of at least 4 members (excludes halogenated alkanes) is 1. The van der Waals surface area contributed by atoms with E-state index >= 15 is 0 Å². The molecular formula is C18H27N7O3. The Morgan fingerprint density at radius 1 is 1.18 bits per heavy atom. The molecule has 0 spiro atoms. The topological polar surface area (TPSA) is 115 Å². The second-order valence-corrected chi connectivity index (χ2v) is 6.77. The van der Waals surface area contributed by atoms with E-state index in [1.807, 2.05) is 0 Å². The van der Waals surface area contributed by atoms with Crippen molar-refractivity contribution >= 4 is 11.2 Å². The van der Waals surface area contributed by atoms with Gasteiger partial charge < -0.3 is 14.0 Å². The van der Waals surface area contributed by atoms with Gasteiger partial charge in [-0.25, -0.2) is 9.78 Å². The monoisotopic (exact) mass is 389 g/mol. The van der Waals surface area contributed by atoms with Crippen molar-refractivity contribution in [1.82, 2.24) is 34.1 Å². The molecule has 1 N–H and O–H groups in total. The molecule has 10 nitrogen and oxygen atoms in total. The first kappa shape index (κ1) is 20.0. The summed E-state index contributed by atoms with van der Waals surface area (Å²) in [6.45, 7) is 7.85. The smallest absolute Gasteiger partial charge is 0.329 e. The minimum absolute atomic E-state index is 0.393. The van der Waals surface area contributed by atoms with Crippen molar-refractivity contribution < 1.29 is 4.52 Å². The molecule has 0 aliphatic carbocycles. The number of imidazole rings is 1. The molecular weight excluding hydrogens is 362 g/mol. The SMILES string of the molecule is CCN(CC)CCc1nc(CCCCn2cnc3c2c(=O)[nH]c(=O)n3C)no1. The van der Waals surface area contributed by atoms with Crippen molar-refractivity contribution in [2.75, 3.05) is 19.6 Å². The molecule has 0 amide bonds. The minimum atomic E-state index is -0.461. The number of rotatable bonds is 10. The molecule has 0 saturated heterocycles. The van der Waals surface area contributed by atoms with E-state index in [1.165, 1.54) is 4.57 Å². The number of nitrogens with zero attached hydrogens (tertiary/aromatic N) is 6. The van der Waals surface area contributed by atoms with Crippen molar-refractivity contribution in [3.05, 3.63) is 38.9 Å². The van der Waals surface area contributed by atoms with E-state index in [-0.39, 0.29) is 0 Å². The van der Waals surface area contributed by atoms with E-state index in [2.05, 4.69) is 38.9 Å². The summed E-state index contributed by atoms with van der Waals surface area (Å²) in [6, 6.07) is 0. The molecule has 0 bridgehead atoms. The Bertz CT molecular complexity index is 1030. The average Bonchev–Trinajstić information content (AvgIpc) is 3.31. The number of fused-ring (bicyclic) bond motifs is 1. The quantitative estimate of drug-likeness (QED) is 0.508. The van der Waals surface area contributed by atoms with E-state index < -0.39 is 11.2 Å². The fourth-order valence-electron chi connectivity index (χ4n) is 3.21. The van der Waals surface area contributed by atoms with Crippen molar-refractivity contribution in [3.63, 3.8) is 0 Å². The molecule has 0 saturated carbocycles. The Kier molecular flexibility index (Phi) is 6.40. The summed E-state index contributed by atoms with van der Waals surface area (Å²) in [4.78, 5) is 37.0. The maximum atomic E-state index is 12.1. The lowest BCUT2D eigenvalue weighted by Gasteiger charge is -2.15. The van der Waals surface area contributed by atoms with Crippen LogP contribution in [0.1, 0.15) is 38.4 Å². The zero-order chi connectivity index (χ0) is 20.1. The molecule has 0 radical (unpaired) electrons. The first-order valence-corrected chi connectivity index (χ1v) is 9.71. The molecule has 0 fully saturated rings.